The summed E-state index contributed by atoms with van der Waals surface area (Å²) in [5, 5.41) is 22.4. The molecule has 0 aromatic carbocycles. The molecule has 0 saturated heterocycles. The lowest BCUT2D eigenvalue weighted by Crippen LogP contribution is -2.62. The van der Waals surface area contributed by atoms with Crippen molar-refractivity contribution in [2.75, 3.05) is 6.61 Å². The maximum atomic E-state index is 12.6. The molecule has 11 atom stereocenters. The number of hydrogen-bond donors (Lipinski definition) is 2. The second-order valence-corrected chi connectivity index (χ2v) is 15.5. The highest BCUT2D eigenvalue weighted by molar-refractivity contribution is 5.69. The van der Waals surface area contributed by atoms with Gasteiger partial charge in [-0.1, -0.05) is 61.8 Å². The van der Waals surface area contributed by atoms with E-state index < -0.39 is 0 Å². The van der Waals surface area contributed by atoms with E-state index in [0.717, 1.165) is 32.1 Å². The average molecular weight is 533 g/mol. The van der Waals surface area contributed by atoms with Gasteiger partial charge in [-0.25, -0.2) is 0 Å². The van der Waals surface area contributed by atoms with E-state index in [2.05, 4.69) is 55.4 Å². The van der Waals surface area contributed by atoms with Crippen LogP contribution in [0.15, 0.2) is 0 Å². The molecule has 4 aliphatic carbocycles. The quantitative estimate of drug-likeness (QED) is 0.302. The summed E-state index contributed by atoms with van der Waals surface area (Å²) >= 11 is 0. The van der Waals surface area contributed by atoms with Gasteiger partial charge in [-0.15, -0.1) is 0 Å². The number of aliphatic hydroxyl groups excluding tert-OH is 2. The zero-order valence-corrected chi connectivity index (χ0v) is 25.9. The minimum absolute atomic E-state index is 0.0306. The van der Waals surface area contributed by atoms with E-state index in [1.165, 1.54) is 25.7 Å². The molecular formula is C34H60O4. The number of rotatable bonds is 9. The van der Waals surface area contributed by atoms with Crippen LogP contribution in [0.1, 0.15) is 120 Å². The van der Waals surface area contributed by atoms with Crippen molar-refractivity contribution in [2.24, 2.45) is 70.0 Å². The Morgan fingerprint density at radius 1 is 0.895 bits per heavy atom. The highest BCUT2D eigenvalue weighted by atomic mass is 16.5. The molecule has 2 N–H and O–H groups in total. The number of hydrogen-bond acceptors (Lipinski definition) is 4. The van der Waals surface area contributed by atoms with Crippen LogP contribution in [0.2, 0.25) is 0 Å². The first-order valence-corrected chi connectivity index (χ1v) is 16.4. The summed E-state index contributed by atoms with van der Waals surface area (Å²) < 4.78 is 5.79. The lowest BCUT2D eigenvalue weighted by molar-refractivity contribution is -0.203. The Morgan fingerprint density at radius 2 is 1.53 bits per heavy atom. The fourth-order valence-corrected chi connectivity index (χ4v) is 11.0. The second-order valence-electron chi connectivity index (χ2n) is 15.5. The first-order valence-electron chi connectivity index (χ1n) is 16.4. The summed E-state index contributed by atoms with van der Waals surface area (Å²) in [4.78, 5) is 12.6. The van der Waals surface area contributed by atoms with E-state index >= 15 is 0 Å². The number of fused-ring (bicyclic) bond motifs is 5. The topological polar surface area (TPSA) is 66.8 Å². The number of carbonyl (C=O) groups is 1. The van der Waals surface area contributed by atoms with Gasteiger partial charge in [0.1, 0.15) is 0 Å². The van der Waals surface area contributed by atoms with Gasteiger partial charge in [-0.3, -0.25) is 4.79 Å². The van der Waals surface area contributed by atoms with E-state index in [1.807, 2.05) is 0 Å². The average Bonchev–Trinajstić information content (AvgIpc) is 3.20. The summed E-state index contributed by atoms with van der Waals surface area (Å²) in [6.45, 7) is 19.0. The molecule has 0 spiro atoms. The Morgan fingerprint density at radius 3 is 2.16 bits per heavy atom. The van der Waals surface area contributed by atoms with Crippen LogP contribution in [0.25, 0.3) is 0 Å². The highest BCUT2D eigenvalue weighted by Crippen LogP contribution is 2.69. The van der Waals surface area contributed by atoms with Crippen LogP contribution in [0.4, 0.5) is 0 Å². The highest BCUT2D eigenvalue weighted by Gasteiger charge is 2.64. The van der Waals surface area contributed by atoms with E-state index in [1.54, 1.807) is 0 Å². The molecule has 0 aromatic rings. The molecule has 4 fully saturated rings. The van der Waals surface area contributed by atoms with Gasteiger partial charge in [-0.2, -0.15) is 0 Å². The van der Waals surface area contributed by atoms with Gasteiger partial charge in [0, 0.05) is 6.42 Å². The smallest absolute Gasteiger partial charge is 0.306 e. The SMILES string of the molecule is CC[C@H]1[C@@H](O)[C@@H]2[C@H](CC[C@]3(C)[C@@H]([C@H](C)CCOC(=O)CC(C(C)C)C(C)C)CC[C@@H]23)[C@@]2(C)CC[C@@H](O)C[C@@H]12. The zero-order valence-electron chi connectivity index (χ0n) is 25.9. The third-order valence-corrected chi connectivity index (χ3v) is 13.1. The van der Waals surface area contributed by atoms with Gasteiger partial charge in [0.2, 0.25) is 0 Å². The van der Waals surface area contributed by atoms with Gasteiger partial charge < -0.3 is 14.9 Å². The molecule has 0 aliphatic heterocycles. The van der Waals surface area contributed by atoms with E-state index in [0.29, 0.717) is 72.2 Å². The zero-order chi connectivity index (χ0) is 28.0. The Labute approximate surface area is 234 Å². The maximum Gasteiger partial charge on any atom is 0.306 e. The fraction of sp³-hybridized carbons (Fsp3) is 0.971. The van der Waals surface area contributed by atoms with E-state index in [-0.39, 0.29) is 29.0 Å². The normalized spacial score (nSPS) is 43.6. The first-order chi connectivity index (χ1) is 17.8. The van der Waals surface area contributed by atoms with Gasteiger partial charge in [-0.05, 0) is 121 Å². The lowest BCUT2D eigenvalue weighted by Gasteiger charge is -2.64. The molecule has 0 aromatic heterocycles. The Bertz CT molecular complexity index is 800. The van der Waals surface area contributed by atoms with Crippen LogP contribution < -0.4 is 0 Å². The van der Waals surface area contributed by atoms with Gasteiger partial charge in [0.05, 0.1) is 18.8 Å². The molecule has 4 rings (SSSR count). The molecule has 0 amide bonds. The summed E-state index contributed by atoms with van der Waals surface area (Å²) in [7, 11) is 0. The maximum absolute atomic E-state index is 12.6. The summed E-state index contributed by atoms with van der Waals surface area (Å²) in [6.07, 6.45) is 9.94. The van der Waals surface area contributed by atoms with Crippen LogP contribution in [-0.2, 0) is 9.53 Å². The van der Waals surface area contributed by atoms with Crippen LogP contribution in [0.5, 0.6) is 0 Å². The number of aliphatic hydroxyl groups is 2. The third kappa shape index (κ3) is 5.36. The molecule has 0 radical (unpaired) electrons. The second kappa shape index (κ2) is 11.7. The molecule has 4 saturated carbocycles. The molecule has 220 valence electrons. The molecule has 0 bridgehead atoms. The fourth-order valence-electron chi connectivity index (χ4n) is 11.0. The molecule has 4 nitrogen and oxygen atoms in total. The standard InChI is InChI=1S/C34H60O4/c1-9-24-29-18-23(35)12-15-34(29,8)28-13-16-33(7)26(10-11-27(33)31(28)32(24)37)22(6)14-17-38-30(36)19-25(20(2)3)21(4)5/h20-29,31-32,35,37H,9-19H2,1-8H3/t22-,23-,24-,26-,27+,28+,29+,31+,32-,33-,34-/m1/s1. The van der Waals surface area contributed by atoms with Crippen molar-refractivity contribution in [1.82, 2.24) is 0 Å². The first kappa shape index (κ1) is 30.4. The molecule has 38 heavy (non-hydrogen) atoms. The van der Waals surface area contributed by atoms with Crippen LogP contribution in [-0.4, -0.2) is 35.0 Å². The van der Waals surface area contributed by atoms with Gasteiger partial charge >= 0.3 is 5.97 Å². The van der Waals surface area contributed by atoms with Crippen molar-refractivity contribution < 1.29 is 19.7 Å². The van der Waals surface area contributed by atoms with Crippen molar-refractivity contribution in [2.45, 2.75) is 132 Å². The van der Waals surface area contributed by atoms with Crippen molar-refractivity contribution in [3.05, 3.63) is 0 Å². The molecule has 0 heterocycles. The molecule has 0 unspecified atom stereocenters. The van der Waals surface area contributed by atoms with Crippen LogP contribution >= 0.6 is 0 Å². The van der Waals surface area contributed by atoms with Crippen molar-refractivity contribution in [3.8, 4) is 0 Å². The van der Waals surface area contributed by atoms with Crippen LogP contribution in [0, 0.1) is 70.0 Å². The molecule has 4 aliphatic rings. The lowest BCUT2D eigenvalue weighted by atomic mass is 9.41. The van der Waals surface area contributed by atoms with Gasteiger partial charge in [0.15, 0.2) is 0 Å². The number of ether oxygens (including phenoxy) is 1. The minimum atomic E-state index is -0.233. The Hall–Kier alpha value is -0.610. The third-order valence-electron chi connectivity index (χ3n) is 13.1. The van der Waals surface area contributed by atoms with Crippen molar-refractivity contribution in [3.63, 3.8) is 0 Å². The predicted molar refractivity (Wildman–Crippen MR) is 154 cm³/mol. The molecule has 4 heteroatoms. The number of carbonyl (C=O) groups excluding carboxylic acids is 1. The number of esters is 1. The van der Waals surface area contributed by atoms with Crippen LogP contribution in [0.3, 0.4) is 0 Å². The minimum Gasteiger partial charge on any atom is -0.466 e. The van der Waals surface area contributed by atoms with Gasteiger partial charge in [0.25, 0.3) is 0 Å². The molecular weight excluding hydrogens is 472 g/mol. The summed E-state index contributed by atoms with van der Waals surface area (Å²) in [6, 6.07) is 0. The van der Waals surface area contributed by atoms with Crippen molar-refractivity contribution in [1.29, 1.82) is 0 Å². The monoisotopic (exact) mass is 532 g/mol. The summed E-state index contributed by atoms with van der Waals surface area (Å²) in [5.74, 6) is 4.83. The summed E-state index contributed by atoms with van der Waals surface area (Å²) in [5.41, 5.74) is 0.522. The van der Waals surface area contributed by atoms with E-state index in [9.17, 15) is 15.0 Å². The Kier molecular flexibility index (Phi) is 9.35. The Balaban J connectivity index is 1.41. The van der Waals surface area contributed by atoms with E-state index in [4.69, 9.17) is 4.74 Å². The van der Waals surface area contributed by atoms with Crippen molar-refractivity contribution >= 4 is 5.97 Å². The predicted octanol–water partition coefficient (Wildman–Crippen LogP) is 7.50. The largest absolute Gasteiger partial charge is 0.466 e.